The second kappa shape index (κ2) is 7.44. The number of anilines is 1. The molecule has 0 unspecified atom stereocenters. The number of pyridine rings is 1. The van der Waals surface area contributed by atoms with Crippen molar-refractivity contribution in [1.82, 2.24) is 4.98 Å². The number of aromatic nitrogens is 1. The highest BCUT2D eigenvalue weighted by atomic mass is 16.5. The summed E-state index contributed by atoms with van der Waals surface area (Å²) in [6.45, 7) is 1.89. The fourth-order valence-electron chi connectivity index (χ4n) is 1.07. The van der Waals surface area contributed by atoms with Crippen LogP contribution in [0.1, 0.15) is 5.69 Å². The van der Waals surface area contributed by atoms with E-state index < -0.39 is 0 Å². The Hall–Kier alpha value is -1.84. The van der Waals surface area contributed by atoms with Gasteiger partial charge in [0.05, 0.1) is 25.5 Å². The summed E-state index contributed by atoms with van der Waals surface area (Å²) in [5.41, 5.74) is 6.04. The van der Waals surface area contributed by atoms with Gasteiger partial charge in [-0.15, -0.1) is 0 Å². The van der Waals surface area contributed by atoms with Crippen LogP contribution in [0.25, 0.3) is 0 Å². The zero-order chi connectivity index (χ0) is 12.5. The molecule has 0 bridgehead atoms. The number of rotatable bonds is 7. The van der Waals surface area contributed by atoms with Gasteiger partial charge in [0.25, 0.3) is 0 Å². The SMILES string of the molecule is COCCOCCOc1ccc(N)c(C#N)n1. The standard InChI is InChI=1S/C11H15N3O3/c1-15-4-5-16-6-7-17-11-3-2-9(13)10(8-12)14-11/h2-3H,4-7,13H2,1H3. The number of hydrogen-bond donors (Lipinski definition) is 1. The molecule has 6 heteroatoms. The zero-order valence-electron chi connectivity index (χ0n) is 9.68. The Morgan fingerprint density at radius 3 is 2.76 bits per heavy atom. The summed E-state index contributed by atoms with van der Waals surface area (Å²) >= 11 is 0. The lowest BCUT2D eigenvalue weighted by Gasteiger charge is -2.06. The Bertz CT molecular complexity index is 390. The minimum absolute atomic E-state index is 0.169. The lowest BCUT2D eigenvalue weighted by atomic mass is 10.3. The van der Waals surface area contributed by atoms with E-state index in [1.165, 1.54) is 0 Å². The van der Waals surface area contributed by atoms with Crippen LogP contribution in [-0.4, -0.2) is 38.5 Å². The lowest BCUT2D eigenvalue weighted by Crippen LogP contribution is -2.10. The number of nitrogens with two attached hydrogens (primary N) is 1. The maximum absolute atomic E-state index is 8.72. The third-order valence-corrected chi connectivity index (χ3v) is 1.92. The zero-order valence-corrected chi connectivity index (χ0v) is 9.68. The quantitative estimate of drug-likeness (QED) is 0.697. The van der Waals surface area contributed by atoms with Crippen LogP contribution in [0, 0.1) is 11.3 Å². The van der Waals surface area contributed by atoms with Crippen molar-refractivity contribution < 1.29 is 14.2 Å². The number of ether oxygens (including phenoxy) is 3. The van der Waals surface area contributed by atoms with Crippen molar-refractivity contribution in [2.75, 3.05) is 39.3 Å². The van der Waals surface area contributed by atoms with E-state index in [-0.39, 0.29) is 5.69 Å². The summed E-state index contributed by atoms with van der Waals surface area (Å²) < 4.78 is 15.3. The number of hydrogen-bond acceptors (Lipinski definition) is 6. The predicted molar refractivity (Wildman–Crippen MR) is 61.6 cm³/mol. The van der Waals surface area contributed by atoms with E-state index in [1.54, 1.807) is 19.2 Å². The third-order valence-electron chi connectivity index (χ3n) is 1.92. The molecule has 1 aromatic rings. The van der Waals surface area contributed by atoms with Crippen LogP contribution in [0.15, 0.2) is 12.1 Å². The molecule has 1 heterocycles. The Balaban J connectivity index is 2.30. The summed E-state index contributed by atoms with van der Waals surface area (Å²) in [7, 11) is 1.61. The van der Waals surface area contributed by atoms with Gasteiger partial charge in [0, 0.05) is 13.2 Å². The molecule has 0 aliphatic rings. The van der Waals surface area contributed by atoms with E-state index in [4.69, 9.17) is 25.2 Å². The fourth-order valence-corrected chi connectivity index (χ4v) is 1.07. The van der Waals surface area contributed by atoms with Gasteiger partial charge >= 0.3 is 0 Å². The van der Waals surface area contributed by atoms with Gasteiger partial charge < -0.3 is 19.9 Å². The average Bonchev–Trinajstić information content (AvgIpc) is 2.35. The first-order valence-corrected chi connectivity index (χ1v) is 5.14. The molecule has 0 amide bonds. The van der Waals surface area contributed by atoms with Gasteiger partial charge in [0.1, 0.15) is 12.7 Å². The second-order valence-electron chi connectivity index (χ2n) is 3.15. The Labute approximate surface area is 99.9 Å². The molecule has 0 fully saturated rings. The maximum Gasteiger partial charge on any atom is 0.214 e. The van der Waals surface area contributed by atoms with E-state index in [1.807, 2.05) is 6.07 Å². The van der Waals surface area contributed by atoms with Crippen LogP contribution in [0.5, 0.6) is 5.88 Å². The van der Waals surface area contributed by atoms with E-state index in [0.29, 0.717) is 38.0 Å². The van der Waals surface area contributed by atoms with Crippen molar-refractivity contribution in [3.8, 4) is 11.9 Å². The Morgan fingerprint density at radius 1 is 1.29 bits per heavy atom. The number of nitriles is 1. The molecule has 1 aromatic heterocycles. The summed E-state index contributed by atoms with van der Waals surface area (Å²) in [6.07, 6.45) is 0. The molecular formula is C11H15N3O3. The van der Waals surface area contributed by atoms with Crippen molar-refractivity contribution in [2.24, 2.45) is 0 Å². The van der Waals surface area contributed by atoms with Crippen LogP contribution in [0.4, 0.5) is 5.69 Å². The number of nitrogen functional groups attached to an aromatic ring is 1. The van der Waals surface area contributed by atoms with Gasteiger partial charge in [-0.25, -0.2) is 4.98 Å². The Kier molecular flexibility index (Phi) is 5.79. The fraction of sp³-hybridized carbons (Fsp3) is 0.455. The highest BCUT2D eigenvalue weighted by molar-refractivity contribution is 5.50. The van der Waals surface area contributed by atoms with Crippen molar-refractivity contribution in [3.63, 3.8) is 0 Å². The third kappa shape index (κ3) is 4.68. The largest absolute Gasteiger partial charge is 0.475 e. The summed E-state index contributed by atoms with van der Waals surface area (Å²) in [5.74, 6) is 0.367. The molecule has 0 spiro atoms. The lowest BCUT2D eigenvalue weighted by molar-refractivity contribution is 0.0537. The van der Waals surface area contributed by atoms with Crippen molar-refractivity contribution in [3.05, 3.63) is 17.8 Å². The van der Waals surface area contributed by atoms with Gasteiger partial charge in [-0.1, -0.05) is 0 Å². The van der Waals surface area contributed by atoms with E-state index in [2.05, 4.69) is 4.98 Å². The van der Waals surface area contributed by atoms with Gasteiger partial charge in [0.2, 0.25) is 5.88 Å². The molecule has 0 aromatic carbocycles. The molecule has 0 aliphatic heterocycles. The minimum Gasteiger partial charge on any atom is -0.475 e. The highest BCUT2D eigenvalue weighted by Gasteiger charge is 2.02. The van der Waals surface area contributed by atoms with Crippen molar-refractivity contribution in [2.45, 2.75) is 0 Å². The van der Waals surface area contributed by atoms with E-state index >= 15 is 0 Å². The van der Waals surface area contributed by atoms with E-state index in [0.717, 1.165) is 0 Å². The predicted octanol–water partition coefficient (Wildman–Crippen LogP) is 0.577. The first-order valence-electron chi connectivity index (χ1n) is 5.14. The number of nitrogens with zero attached hydrogens (tertiary/aromatic N) is 2. The molecule has 0 atom stereocenters. The van der Waals surface area contributed by atoms with Crippen LogP contribution in [-0.2, 0) is 9.47 Å². The van der Waals surface area contributed by atoms with Gasteiger partial charge in [-0.3, -0.25) is 0 Å². The van der Waals surface area contributed by atoms with Gasteiger partial charge in [0.15, 0.2) is 5.69 Å². The van der Waals surface area contributed by atoms with Crippen LogP contribution < -0.4 is 10.5 Å². The van der Waals surface area contributed by atoms with Crippen LogP contribution in [0.3, 0.4) is 0 Å². The monoisotopic (exact) mass is 237 g/mol. The van der Waals surface area contributed by atoms with Gasteiger partial charge in [-0.05, 0) is 6.07 Å². The molecule has 2 N–H and O–H groups in total. The molecule has 0 saturated carbocycles. The molecule has 6 nitrogen and oxygen atoms in total. The first-order chi connectivity index (χ1) is 8.27. The topological polar surface area (TPSA) is 90.4 Å². The molecular weight excluding hydrogens is 222 g/mol. The second-order valence-corrected chi connectivity index (χ2v) is 3.15. The Morgan fingerprint density at radius 2 is 2.06 bits per heavy atom. The van der Waals surface area contributed by atoms with Gasteiger partial charge in [-0.2, -0.15) is 5.26 Å². The first kappa shape index (κ1) is 13.2. The minimum atomic E-state index is 0.169. The normalized spacial score (nSPS) is 9.88. The highest BCUT2D eigenvalue weighted by Crippen LogP contribution is 2.13. The van der Waals surface area contributed by atoms with Crippen molar-refractivity contribution in [1.29, 1.82) is 5.26 Å². The van der Waals surface area contributed by atoms with E-state index in [9.17, 15) is 0 Å². The molecule has 1 rings (SSSR count). The summed E-state index contributed by atoms with van der Waals surface area (Å²) in [4.78, 5) is 3.94. The molecule has 0 radical (unpaired) electrons. The summed E-state index contributed by atoms with van der Waals surface area (Å²) in [5, 5.41) is 8.72. The maximum atomic E-state index is 8.72. The average molecular weight is 237 g/mol. The van der Waals surface area contributed by atoms with Crippen LogP contribution in [0.2, 0.25) is 0 Å². The molecule has 92 valence electrons. The molecule has 17 heavy (non-hydrogen) atoms. The molecule has 0 saturated heterocycles. The van der Waals surface area contributed by atoms with Crippen molar-refractivity contribution >= 4 is 5.69 Å². The van der Waals surface area contributed by atoms with Crippen LogP contribution >= 0.6 is 0 Å². The molecule has 0 aliphatic carbocycles. The smallest absolute Gasteiger partial charge is 0.214 e. The summed E-state index contributed by atoms with van der Waals surface area (Å²) in [6, 6.07) is 5.10. The number of methoxy groups -OCH3 is 1.